The number of hydrogen-bond acceptors (Lipinski definition) is 6. The van der Waals surface area contributed by atoms with Crippen LogP contribution in [0.5, 0.6) is 0 Å². The first kappa shape index (κ1) is 17.1. The predicted molar refractivity (Wildman–Crippen MR) is 90.8 cm³/mol. The lowest BCUT2D eigenvalue weighted by atomic mass is 10.2. The fraction of sp³-hybridized carbons (Fsp3) is 0.600. The Kier molecular flexibility index (Phi) is 4.75. The van der Waals surface area contributed by atoms with Crippen LogP contribution in [0.1, 0.15) is 12.8 Å². The molecule has 0 amide bonds. The van der Waals surface area contributed by atoms with Crippen LogP contribution in [-0.4, -0.2) is 68.9 Å². The molecule has 1 aromatic carbocycles. The molecule has 9 heteroatoms. The van der Waals surface area contributed by atoms with E-state index >= 15 is 0 Å². The first-order chi connectivity index (χ1) is 11.4. The highest BCUT2D eigenvalue weighted by atomic mass is 32.2. The van der Waals surface area contributed by atoms with Crippen LogP contribution >= 0.6 is 0 Å². The van der Waals surface area contributed by atoms with Gasteiger partial charge in [-0.15, -0.1) is 0 Å². The van der Waals surface area contributed by atoms with Crippen molar-refractivity contribution in [1.29, 1.82) is 0 Å². The fourth-order valence-corrected chi connectivity index (χ4v) is 4.74. The first-order valence-corrected chi connectivity index (χ1v) is 9.56. The zero-order valence-corrected chi connectivity index (χ0v) is 14.5. The molecule has 24 heavy (non-hydrogen) atoms. The number of nitro groups is 1. The van der Waals surface area contributed by atoms with Crippen molar-refractivity contribution in [3.63, 3.8) is 0 Å². The number of piperazine rings is 1. The molecule has 2 fully saturated rings. The smallest absolute Gasteiger partial charge is 0.293 e. The van der Waals surface area contributed by atoms with E-state index in [-0.39, 0.29) is 10.6 Å². The minimum absolute atomic E-state index is 0.00831. The van der Waals surface area contributed by atoms with Crippen molar-refractivity contribution in [3.8, 4) is 0 Å². The standard InChI is InChI=1S/C15H22N4O4S/c1-16-8-10-17(11-9-16)14-5-4-13(12-15(14)19(20)21)24(22,23)18-6-2-3-7-18/h4-5,12H,2-3,6-11H2,1H3. The van der Waals surface area contributed by atoms with Crippen molar-refractivity contribution in [2.75, 3.05) is 51.2 Å². The van der Waals surface area contributed by atoms with E-state index in [1.165, 1.54) is 16.4 Å². The number of likely N-dealkylation sites (N-methyl/N-ethyl adjacent to an activating group) is 1. The van der Waals surface area contributed by atoms with Gasteiger partial charge in [0.25, 0.3) is 5.69 Å². The number of rotatable bonds is 4. The maximum atomic E-state index is 12.6. The number of benzene rings is 1. The molecule has 0 N–H and O–H groups in total. The third kappa shape index (κ3) is 3.24. The molecule has 2 saturated heterocycles. The molecule has 8 nitrogen and oxygen atoms in total. The summed E-state index contributed by atoms with van der Waals surface area (Å²) < 4.78 is 26.7. The van der Waals surface area contributed by atoms with Crippen LogP contribution < -0.4 is 4.90 Å². The largest absolute Gasteiger partial charge is 0.363 e. The van der Waals surface area contributed by atoms with Crippen molar-refractivity contribution < 1.29 is 13.3 Å². The Bertz CT molecular complexity index is 723. The molecule has 2 heterocycles. The minimum Gasteiger partial charge on any atom is -0.363 e. The van der Waals surface area contributed by atoms with Crippen LogP contribution in [0.25, 0.3) is 0 Å². The van der Waals surface area contributed by atoms with Gasteiger partial charge < -0.3 is 9.80 Å². The van der Waals surface area contributed by atoms with Crippen LogP contribution in [0.3, 0.4) is 0 Å². The Morgan fingerprint density at radius 2 is 1.67 bits per heavy atom. The van der Waals surface area contributed by atoms with Gasteiger partial charge in [0.1, 0.15) is 5.69 Å². The molecule has 2 aliphatic rings. The van der Waals surface area contributed by atoms with E-state index in [2.05, 4.69) is 4.90 Å². The molecular formula is C15H22N4O4S. The summed E-state index contributed by atoms with van der Waals surface area (Å²) in [6.07, 6.45) is 1.67. The third-order valence-electron chi connectivity index (χ3n) is 4.69. The van der Waals surface area contributed by atoms with Crippen molar-refractivity contribution in [2.45, 2.75) is 17.7 Å². The quantitative estimate of drug-likeness (QED) is 0.595. The molecule has 0 aliphatic carbocycles. The number of nitrogens with zero attached hydrogens (tertiary/aromatic N) is 4. The van der Waals surface area contributed by atoms with E-state index in [4.69, 9.17) is 0 Å². The first-order valence-electron chi connectivity index (χ1n) is 8.12. The molecule has 3 rings (SSSR count). The minimum atomic E-state index is -3.65. The highest BCUT2D eigenvalue weighted by Crippen LogP contribution is 2.33. The highest BCUT2D eigenvalue weighted by Gasteiger charge is 2.30. The summed E-state index contributed by atoms with van der Waals surface area (Å²) in [5, 5.41) is 11.5. The van der Waals surface area contributed by atoms with Gasteiger partial charge in [-0.05, 0) is 32.0 Å². The van der Waals surface area contributed by atoms with Gasteiger partial charge in [0.15, 0.2) is 0 Å². The normalized spacial score (nSPS) is 20.5. The van der Waals surface area contributed by atoms with Crippen LogP contribution in [0.4, 0.5) is 11.4 Å². The zero-order chi connectivity index (χ0) is 17.3. The monoisotopic (exact) mass is 354 g/mol. The van der Waals surface area contributed by atoms with Crippen molar-refractivity contribution in [2.24, 2.45) is 0 Å². The van der Waals surface area contributed by atoms with Crippen LogP contribution in [0.2, 0.25) is 0 Å². The summed E-state index contributed by atoms with van der Waals surface area (Å²) in [4.78, 5) is 15.1. The molecule has 1 aromatic rings. The van der Waals surface area contributed by atoms with E-state index in [9.17, 15) is 18.5 Å². The summed E-state index contributed by atoms with van der Waals surface area (Å²) in [6, 6.07) is 4.28. The van der Waals surface area contributed by atoms with Crippen LogP contribution in [0, 0.1) is 10.1 Å². The molecule has 0 unspecified atom stereocenters. The number of anilines is 1. The lowest BCUT2D eigenvalue weighted by molar-refractivity contribution is -0.384. The number of hydrogen-bond donors (Lipinski definition) is 0. The molecule has 0 bridgehead atoms. The number of sulfonamides is 1. The third-order valence-corrected chi connectivity index (χ3v) is 6.58. The van der Waals surface area contributed by atoms with Gasteiger partial charge in [-0.25, -0.2) is 8.42 Å². The second kappa shape index (κ2) is 6.66. The Hall–Kier alpha value is -1.71. The lowest BCUT2D eigenvalue weighted by Gasteiger charge is -2.33. The predicted octanol–water partition coefficient (Wildman–Crippen LogP) is 1.13. The fourth-order valence-electron chi connectivity index (χ4n) is 3.20. The van der Waals surface area contributed by atoms with Gasteiger partial charge in [-0.1, -0.05) is 0 Å². The summed E-state index contributed by atoms with van der Waals surface area (Å²) in [5.74, 6) is 0. The second-order valence-electron chi connectivity index (χ2n) is 6.31. The van der Waals surface area contributed by atoms with Crippen LogP contribution in [-0.2, 0) is 10.0 Å². The molecule has 0 spiro atoms. The second-order valence-corrected chi connectivity index (χ2v) is 8.25. The van der Waals surface area contributed by atoms with E-state index in [0.717, 1.165) is 25.9 Å². The van der Waals surface area contributed by atoms with E-state index < -0.39 is 14.9 Å². The molecule has 0 saturated carbocycles. The highest BCUT2D eigenvalue weighted by molar-refractivity contribution is 7.89. The molecule has 0 aromatic heterocycles. The summed E-state index contributed by atoms with van der Waals surface area (Å²) in [5.41, 5.74) is 0.355. The topological polar surface area (TPSA) is 87.0 Å². The SMILES string of the molecule is CN1CCN(c2ccc(S(=O)(=O)N3CCCC3)cc2[N+](=O)[O-])CC1. The van der Waals surface area contributed by atoms with E-state index in [1.807, 2.05) is 11.9 Å². The Morgan fingerprint density at radius 3 is 2.25 bits per heavy atom. The van der Waals surface area contributed by atoms with Crippen LogP contribution in [0.15, 0.2) is 23.1 Å². The number of nitro benzene ring substituents is 1. The van der Waals surface area contributed by atoms with E-state index in [1.54, 1.807) is 6.07 Å². The van der Waals surface area contributed by atoms with Crippen molar-refractivity contribution >= 4 is 21.4 Å². The summed E-state index contributed by atoms with van der Waals surface area (Å²) in [6.45, 7) is 3.99. The maximum Gasteiger partial charge on any atom is 0.293 e. The summed E-state index contributed by atoms with van der Waals surface area (Å²) in [7, 11) is -1.64. The van der Waals surface area contributed by atoms with Gasteiger partial charge in [0, 0.05) is 45.3 Å². The summed E-state index contributed by atoms with van der Waals surface area (Å²) >= 11 is 0. The Labute approximate surface area is 141 Å². The average molecular weight is 354 g/mol. The molecule has 0 radical (unpaired) electrons. The molecule has 2 aliphatic heterocycles. The Morgan fingerprint density at radius 1 is 1.04 bits per heavy atom. The molecule has 132 valence electrons. The van der Waals surface area contributed by atoms with Crippen molar-refractivity contribution in [3.05, 3.63) is 28.3 Å². The van der Waals surface area contributed by atoms with Gasteiger partial charge in [-0.3, -0.25) is 10.1 Å². The molecular weight excluding hydrogens is 332 g/mol. The lowest BCUT2D eigenvalue weighted by Crippen LogP contribution is -2.44. The van der Waals surface area contributed by atoms with Gasteiger partial charge in [0.2, 0.25) is 10.0 Å². The van der Waals surface area contributed by atoms with E-state index in [0.29, 0.717) is 31.9 Å². The van der Waals surface area contributed by atoms with Crippen molar-refractivity contribution in [1.82, 2.24) is 9.21 Å². The van der Waals surface area contributed by atoms with Gasteiger partial charge in [0.05, 0.1) is 9.82 Å². The molecule has 0 atom stereocenters. The zero-order valence-electron chi connectivity index (χ0n) is 13.7. The maximum absolute atomic E-state index is 12.6. The van der Waals surface area contributed by atoms with Gasteiger partial charge in [-0.2, -0.15) is 4.31 Å². The average Bonchev–Trinajstić information content (AvgIpc) is 3.10. The van der Waals surface area contributed by atoms with Gasteiger partial charge >= 0.3 is 0 Å². The Balaban J connectivity index is 1.94.